The summed E-state index contributed by atoms with van der Waals surface area (Å²) in [5.74, 6) is -0.574. The molecule has 0 saturated heterocycles. The predicted octanol–water partition coefficient (Wildman–Crippen LogP) is 4.18. The maximum atomic E-state index is 12.2. The number of rotatable bonds is 5. The van der Waals surface area contributed by atoms with Crippen molar-refractivity contribution < 1.29 is 9.59 Å². The van der Waals surface area contributed by atoms with Gasteiger partial charge in [0.2, 0.25) is 0 Å². The number of anilines is 1. The fourth-order valence-electron chi connectivity index (χ4n) is 1.90. The number of aromatic nitrogens is 1. The van der Waals surface area contributed by atoms with Crippen molar-refractivity contribution in [3.05, 3.63) is 44.9 Å². The van der Waals surface area contributed by atoms with Gasteiger partial charge < -0.3 is 4.90 Å². The van der Waals surface area contributed by atoms with Gasteiger partial charge in [0.1, 0.15) is 5.69 Å². The van der Waals surface area contributed by atoms with E-state index in [2.05, 4.69) is 10.3 Å². The Hall–Kier alpha value is -1.63. The normalized spacial score (nSPS) is 10.4. The number of thiazole rings is 1. The first-order valence-electron chi connectivity index (χ1n) is 6.89. The molecule has 5 nitrogen and oxygen atoms in total. The molecule has 2 aromatic rings. The number of halogens is 2. The number of carbonyl (C=O) groups excluding carboxylic acids is 2. The molecule has 1 heterocycles. The Bertz CT molecular complexity index is 733. The molecule has 1 aromatic carbocycles. The molecule has 0 radical (unpaired) electrons. The van der Waals surface area contributed by atoms with Crippen LogP contribution in [0.5, 0.6) is 0 Å². The van der Waals surface area contributed by atoms with Crippen LogP contribution < -0.4 is 5.32 Å². The summed E-state index contributed by atoms with van der Waals surface area (Å²) in [7, 11) is 1.72. The number of benzene rings is 1. The van der Waals surface area contributed by atoms with Gasteiger partial charge in [-0.1, -0.05) is 30.1 Å². The molecule has 0 aliphatic heterocycles. The third-order valence-corrected chi connectivity index (χ3v) is 4.33. The molecule has 0 atom stereocenters. The second-order valence-electron chi connectivity index (χ2n) is 4.84. The summed E-state index contributed by atoms with van der Waals surface area (Å²) < 4.78 is 0. The minimum atomic E-state index is -0.401. The largest absolute Gasteiger partial charge is 0.340 e. The summed E-state index contributed by atoms with van der Waals surface area (Å²) in [6.45, 7) is 2.64. The highest BCUT2D eigenvalue weighted by molar-refractivity contribution is 7.14. The van der Waals surface area contributed by atoms with Gasteiger partial charge in [-0.05, 0) is 24.6 Å². The van der Waals surface area contributed by atoms with Crippen LogP contribution in [0.1, 0.15) is 34.2 Å². The van der Waals surface area contributed by atoms with Crippen LogP contribution in [-0.4, -0.2) is 35.3 Å². The maximum Gasteiger partial charge on any atom is 0.273 e. The van der Waals surface area contributed by atoms with E-state index >= 15 is 0 Å². The molecule has 2 amide bonds. The molecule has 0 unspecified atom stereocenters. The molecule has 0 aliphatic rings. The van der Waals surface area contributed by atoms with Crippen molar-refractivity contribution in [3.8, 4) is 0 Å². The predicted molar refractivity (Wildman–Crippen MR) is 93.8 cm³/mol. The number of hydrogen-bond acceptors (Lipinski definition) is 4. The van der Waals surface area contributed by atoms with Crippen molar-refractivity contribution in [3.63, 3.8) is 0 Å². The molecule has 1 aromatic heterocycles. The molecule has 0 saturated carbocycles. The van der Waals surface area contributed by atoms with Crippen LogP contribution in [0.15, 0.2) is 23.6 Å². The number of carbonyl (C=O) groups is 2. The Morgan fingerprint density at radius 3 is 2.74 bits per heavy atom. The zero-order chi connectivity index (χ0) is 17.0. The van der Waals surface area contributed by atoms with E-state index in [1.165, 1.54) is 23.5 Å². The van der Waals surface area contributed by atoms with Gasteiger partial charge in [0.25, 0.3) is 11.8 Å². The second kappa shape index (κ2) is 7.77. The molecule has 8 heteroatoms. The highest BCUT2D eigenvalue weighted by Gasteiger charge is 2.17. The minimum absolute atomic E-state index is 0.173. The maximum absolute atomic E-state index is 12.2. The van der Waals surface area contributed by atoms with Crippen molar-refractivity contribution in [1.29, 1.82) is 0 Å². The lowest BCUT2D eigenvalue weighted by Gasteiger charge is -2.13. The average molecular weight is 372 g/mol. The van der Waals surface area contributed by atoms with Crippen molar-refractivity contribution in [2.75, 3.05) is 18.9 Å². The minimum Gasteiger partial charge on any atom is -0.340 e. The van der Waals surface area contributed by atoms with Crippen molar-refractivity contribution in [1.82, 2.24) is 9.88 Å². The molecular weight excluding hydrogens is 357 g/mol. The molecule has 0 bridgehead atoms. The average Bonchev–Trinajstić information content (AvgIpc) is 2.94. The van der Waals surface area contributed by atoms with E-state index in [4.69, 9.17) is 23.2 Å². The van der Waals surface area contributed by atoms with Gasteiger partial charge in [-0.3, -0.25) is 14.9 Å². The fourth-order valence-corrected chi connectivity index (χ4v) is 3.07. The molecule has 122 valence electrons. The van der Waals surface area contributed by atoms with Crippen LogP contribution in [-0.2, 0) is 0 Å². The van der Waals surface area contributed by atoms with E-state index in [9.17, 15) is 9.59 Å². The van der Waals surface area contributed by atoms with Gasteiger partial charge in [-0.25, -0.2) is 4.98 Å². The van der Waals surface area contributed by atoms with Crippen LogP contribution in [0, 0.1) is 0 Å². The molecule has 0 spiro atoms. The monoisotopic (exact) mass is 371 g/mol. The quantitative estimate of drug-likeness (QED) is 0.856. The smallest absolute Gasteiger partial charge is 0.273 e. The third kappa shape index (κ3) is 4.43. The molecular formula is C15H15Cl2N3O2S. The van der Waals surface area contributed by atoms with Crippen LogP contribution >= 0.6 is 34.5 Å². The standard InChI is InChI=1S/C15H15Cl2N3O2S/c1-3-6-20(2)14(22)12-8-23-15(18-12)19-13(21)10-5-4-9(16)7-11(10)17/h4-5,7-8H,3,6H2,1-2H3,(H,18,19,21). The summed E-state index contributed by atoms with van der Waals surface area (Å²) >= 11 is 13.0. The van der Waals surface area contributed by atoms with Gasteiger partial charge in [0, 0.05) is 24.0 Å². The SMILES string of the molecule is CCCN(C)C(=O)c1csc(NC(=O)c2ccc(Cl)cc2Cl)n1. The highest BCUT2D eigenvalue weighted by atomic mass is 35.5. The third-order valence-electron chi connectivity index (χ3n) is 3.03. The number of nitrogens with one attached hydrogen (secondary N) is 1. The van der Waals surface area contributed by atoms with Crippen LogP contribution in [0.4, 0.5) is 5.13 Å². The Morgan fingerprint density at radius 1 is 1.35 bits per heavy atom. The second-order valence-corrected chi connectivity index (χ2v) is 6.54. The Kier molecular flexibility index (Phi) is 5.98. The lowest BCUT2D eigenvalue weighted by Crippen LogP contribution is -2.27. The first-order chi connectivity index (χ1) is 10.9. The number of hydrogen-bond donors (Lipinski definition) is 1. The topological polar surface area (TPSA) is 62.3 Å². The molecule has 23 heavy (non-hydrogen) atoms. The van der Waals surface area contributed by atoms with E-state index in [0.717, 1.165) is 6.42 Å². The van der Waals surface area contributed by atoms with Gasteiger partial charge >= 0.3 is 0 Å². The lowest BCUT2D eigenvalue weighted by molar-refractivity contribution is 0.0790. The molecule has 0 aliphatic carbocycles. The Labute approximate surface area is 148 Å². The summed E-state index contributed by atoms with van der Waals surface area (Å²) in [5, 5.41) is 5.30. The highest BCUT2D eigenvalue weighted by Crippen LogP contribution is 2.23. The first kappa shape index (κ1) is 17.7. The van der Waals surface area contributed by atoms with Crippen LogP contribution in [0.2, 0.25) is 10.0 Å². The summed E-state index contributed by atoms with van der Waals surface area (Å²) in [6.07, 6.45) is 0.866. The van der Waals surface area contributed by atoms with Gasteiger partial charge in [-0.15, -0.1) is 11.3 Å². The van der Waals surface area contributed by atoms with E-state index in [1.54, 1.807) is 23.4 Å². The molecule has 2 rings (SSSR count). The summed E-state index contributed by atoms with van der Waals surface area (Å²) in [4.78, 5) is 30.1. The van der Waals surface area contributed by atoms with Crippen molar-refractivity contribution in [2.24, 2.45) is 0 Å². The zero-order valence-electron chi connectivity index (χ0n) is 12.6. The summed E-state index contributed by atoms with van der Waals surface area (Å²) in [6, 6.07) is 4.61. The van der Waals surface area contributed by atoms with Crippen molar-refractivity contribution in [2.45, 2.75) is 13.3 Å². The first-order valence-corrected chi connectivity index (χ1v) is 8.53. The Balaban J connectivity index is 2.09. The van der Waals surface area contributed by atoms with Gasteiger partial charge in [-0.2, -0.15) is 0 Å². The molecule has 0 fully saturated rings. The van der Waals surface area contributed by atoms with Crippen LogP contribution in [0.3, 0.4) is 0 Å². The molecule has 1 N–H and O–H groups in total. The zero-order valence-corrected chi connectivity index (χ0v) is 14.9. The fraction of sp³-hybridized carbons (Fsp3) is 0.267. The van der Waals surface area contributed by atoms with E-state index in [0.29, 0.717) is 28.0 Å². The Morgan fingerprint density at radius 2 is 2.09 bits per heavy atom. The number of nitrogens with zero attached hydrogens (tertiary/aromatic N) is 2. The van der Waals surface area contributed by atoms with E-state index in [1.807, 2.05) is 6.92 Å². The van der Waals surface area contributed by atoms with Gasteiger partial charge in [0.15, 0.2) is 5.13 Å². The lowest BCUT2D eigenvalue weighted by atomic mass is 10.2. The van der Waals surface area contributed by atoms with Crippen LogP contribution in [0.25, 0.3) is 0 Å². The number of amides is 2. The summed E-state index contributed by atoms with van der Waals surface area (Å²) in [5.41, 5.74) is 0.602. The van der Waals surface area contributed by atoms with E-state index < -0.39 is 5.91 Å². The van der Waals surface area contributed by atoms with Crippen molar-refractivity contribution >= 4 is 51.5 Å². The van der Waals surface area contributed by atoms with E-state index in [-0.39, 0.29) is 10.9 Å². The van der Waals surface area contributed by atoms with Gasteiger partial charge in [0.05, 0.1) is 10.6 Å².